The summed E-state index contributed by atoms with van der Waals surface area (Å²) in [6, 6.07) is 14.3. The van der Waals surface area contributed by atoms with Crippen LogP contribution in [0.2, 0.25) is 5.02 Å². The van der Waals surface area contributed by atoms with Gasteiger partial charge < -0.3 is 10.2 Å². The van der Waals surface area contributed by atoms with Crippen molar-refractivity contribution in [3.63, 3.8) is 0 Å². The van der Waals surface area contributed by atoms with Crippen LogP contribution in [0.15, 0.2) is 53.4 Å². The maximum Gasteiger partial charge on any atom is 0.251 e. The molecular formula is C22H28ClN3O3S. The van der Waals surface area contributed by atoms with Gasteiger partial charge in [-0.15, -0.1) is 0 Å². The molecule has 6 nitrogen and oxygen atoms in total. The molecule has 1 saturated heterocycles. The molecule has 1 atom stereocenters. The van der Waals surface area contributed by atoms with E-state index in [-0.39, 0.29) is 27.4 Å². The van der Waals surface area contributed by atoms with Gasteiger partial charge in [-0.2, -0.15) is 4.31 Å². The largest absolute Gasteiger partial charge is 0.350 e. The van der Waals surface area contributed by atoms with Gasteiger partial charge in [0.25, 0.3) is 5.91 Å². The second-order valence-electron chi connectivity index (χ2n) is 7.71. The molecule has 1 heterocycles. The van der Waals surface area contributed by atoms with Crippen molar-refractivity contribution in [3.8, 4) is 0 Å². The minimum absolute atomic E-state index is 0.000923. The van der Waals surface area contributed by atoms with Crippen molar-refractivity contribution in [1.82, 2.24) is 14.5 Å². The van der Waals surface area contributed by atoms with Gasteiger partial charge in [-0.25, -0.2) is 8.42 Å². The van der Waals surface area contributed by atoms with Gasteiger partial charge in [0.2, 0.25) is 10.0 Å². The van der Waals surface area contributed by atoms with Crippen LogP contribution in [0.3, 0.4) is 0 Å². The van der Waals surface area contributed by atoms with Crippen molar-refractivity contribution >= 4 is 27.5 Å². The smallest absolute Gasteiger partial charge is 0.251 e. The first-order valence-electron chi connectivity index (χ1n) is 10.1. The van der Waals surface area contributed by atoms with Crippen molar-refractivity contribution in [3.05, 3.63) is 64.7 Å². The minimum Gasteiger partial charge on any atom is -0.350 e. The summed E-state index contributed by atoms with van der Waals surface area (Å²) in [5, 5.41) is 3.06. The third-order valence-electron chi connectivity index (χ3n) is 5.39. The molecule has 1 aliphatic heterocycles. The second kappa shape index (κ2) is 9.92. The number of likely N-dealkylation sites (N-methyl/N-ethyl adjacent to an activating group) is 1. The Labute approximate surface area is 183 Å². The molecule has 1 amide bonds. The topological polar surface area (TPSA) is 69.7 Å². The third kappa shape index (κ3) is 5.21. The summed E-state index contributed by atoms with van der Waals surface area (Å²) in [7, 11) is 0.184. The fourth-order valence-corrected chi connectivity index (χ4v) is 5.67. The lowest BCUT2D eigenvalue weighted by molar-refractivity contribution is 0.0941. The summed E-state index contributed by atoms with van der Waals surface area (Å²) in [5.41, 5.74) is 1.37. The molecule has 1 aliphatic rings. The Morgan fingerprint density at radius 1 is 1.10 bits per heavy atom. The zero-order valence-corrected chi connectivity index (χ0v) is 18.9. The fraction of sp³-hybridized carbons (Fsp3) is 0.409. The zero-order valence-electron chi connectivity index (χ0n) is 17.3. The Morgan fingerprint density at radius 2 is 1.77 bits per heavy atom. The predicted octanol–water partition coefficient (Wildman–Crippen LogP) is 3.55. The monoisotopic (exact) mass is 449 g/mol. The molecule has 2 aromatic rings. The predicted molar refractivity (Wildman–Crippen MR) is 119 cm³/mol. The third-order valence-corrected chi connectivity index (χ3v) is 7.77. The number of sulfonamides is 1. The number of benzene rings is 2. The van der Waals surface area contributed by atoms with E-state index in [2.05, 4.69) is 5.32 Å². The first-order valence-corrected chi connectivity index (χ1v) is 11.9. The number of nitrogens with one attached hydrogen (secondary N) is 1. The summed E-state index contributed by atoms with van der Waals surface area (Å²) in [4.78, 5) is 14.8. The van der Waals surface area contributed by atoms with Crippen LogP contribution in [0.4, 0.5) is 0 Å². The second-order valence-corrected chi connectivity index (χ2v) is 10.0. The van der Waals surface area contributed by atoms with Crippen molar-refractivity contribution in [2.75, 3.05) is 33.7 Å². The van der Waals surface area contributed by atoms with E-state index in [0.29, 0.717) is 19.6 Å². The van der Waals surface area contributed by atoms with Crippen LogP contribution in [0.25, 0.3) is 0 Å². The van der Waals surface area contributed by atoms with E-state index in [9.17, 15) is 13.2 Å². The minimum atomic E-state index is -3.72. The highest BCUT2D eigenvalue weighted by Gasteiger charge is 2.29. The van der Waals surface area contributed by atoms with E-state index in [1.165, 1.54) is 16.4 Å². The van der Waals surface area contributed by atoms with E-state index in [1.54, 1.807) is 6.07 Å². The first-order chi connectivity index (χ1) is 14.3. The molecule has 0 saturated carbocycles. The van der Waals surface area contributed by atoms with Gasteiger partial charge in [0.1, 0.15) is 4.90 Å². The van der Waals surface area contributed by atoms with Gasteiger partial charge in [0.05, 0.1) is 11.1 Å². The molecule has 162 valence electrons. The highest BCUT2D eigenvalue weighted by molar-refractivity contribution is 7.89. The lowest BCUT2D eigenvalue weighted by Gasteiger charge is -2.26. The van der Waals surface area contributed by atoms with Crippen LogP contribution in [0, 0.1) is 0 Å². The van der Waals surface area contributed by atoms with E-state index < -0.39 is 10.0 Å². The molecule has 0 aliphatic carbocycles. The van der Waals surface area contributed by atoms with Gasteiger partial charge >= 0.3 is 0 Å². The Balaban J connectivity index is 1.77. The molecule has 0 aromatic heterocycles. The number of hydrogen-bond acceptors (Lipinski definition) is 4. The van der Waals surface area contributed by atoms with Crippen LogP contribution in [-0.2, 0) is 10.0 Å². The van der Waals surface area contributed by atoms with Crippen molar-refractivity contribution in [2.24, 2.45) is 0 Å². The number of amides is 1. The van der Waals surface area contributed by atoms with E-state index in [4.69, 9.17) is 11.6 Å². The summed E-state index contributed by atoms with van der Waals surface area (Å²) in [5.74, 6) is -0.329. The zero-order chi connectivity index (χ0) is 21.7. The normalized spacial score (nSPS) is 16.4. The SMILES string of the molecule is CN(C)C(CNC(=O)c1ccc(Cl)c(S(=O)(=O)N2CCCCC2)c1)c1ccccc1. The fourth-order valence-electron chi connectivity index (χ4n) is 3.65. The number of hydrogen-bond donors (Lipinski definition) is 1. The average molecular weight is 450 g/mol. The van der Waals surface area contributed by atoms with Crippen LogP contribution in [0.1, 0.15) is 41.2 Å². The maximum absolute atomic E-state index is 13.0. The Hall–Kier alpha value is -1.93. The number of halogens is 1. The maximum atomic E-state index is 13.0. The Morgan fingerprint density at radius 3 is 2.40 bits per heavy atom. The standard InChI is InChI=1S/C22H28ClN3O3S/c1-25(2)20(17-9-5-3-6-10-17)16-24-22(27)18-11-12-19(23)21(15-18)30(28,29)26-13-7-4-8-14-26/h3,5-6,9-12,15,20H,4,7-8,13-14,16H2,1-2H3,(H,24,27). The van der Waals surface area contributed by atoms with Crippen LogP contribution in [0.5, 0.6) is 0 Å². The molecule has 8 heteroatoms. The van der Waals surface area contributed by atoms with Gasteiger partial charge in [-0.1, -0.05) is 48.4 Å². The van der Waals surface area contributed by atoms with Crippen LogP contribution < -0.4 is 5.32 Å². The van der Waals surface area contributed by atoms with E-state index in [0.717, 1.165) is 24.8 Å². The first kappa shape index (κ1) is 22.7. The van der Waals surface area contributed by atoms with E-state index >= 15 is 0 Å². The quantitative estimate of drug-likeness (QED) is 0.701. The molecule has 0 bridgehead atoms. The van der Waals surface area contributed by atoms with E-state index in [1.807, 2.05) is 49.3 Å². The van der Waals surface area contributed by atoms with Gasteiger partial charge in [-0.05, 0) is 50.7 Å². The number of carbonyl (C=O) groups excluding carboxylic acids is 1. The molecule has 2 aromatic carbocycles. The molecule has 30 heavy (non-hydrogen) atoms. The number of rotatable bonds is 7. The number of nitrogens with zero attached hydrogens (tertiary/aromatic N) is 2. The summed E-state index contributed by atoms with van der Waals surface area (Å²) in [6.45, 7) is 1.36. The molecule has 0 radical (unpaired) electrons. The number of piperidine rings is 1. The summed E-state index contributed by atoms with van der Waals surface area (Å²) in [6.07, 6.45) is 2.70. The number of carbonyl (C=O) groups is 1. The molecule has 1 N–H and O–H groups in total. The molecular weight excluding hydrogens is 422 g/mol. The molecule has 3 rings (SSSR count). The molecule has 1 fully saturated rings. The van der Waals surface area contributed by atoms with Crippen molar-refractivity contribution in [2.45, 2.75) is 30.2 Å². The molecule has 0 spiro atoms. The van der Waals surface area contributed by atoms with Crippen molar-refractivity contribution in [1.29, 1.82) is 0 Å². The highest BCUT2D eigenvalue weighted by atomic mass is 35.5. The van der Waals surface area contributed by atoms with Crippen LogP contribution >= 0.6 is 11.6 Å². The van der Waals surface area contributed by atoms with Crippen molar-refractivity contribution < 1.29 is 13.2 Å². The van der Waals surface area contributed by atoms with Crippen LogP contribution in [-0.4, -0.2) is 57.3 Å². The summed E-state index contributed by atoms with van der Waals surface area (Å²) >= 11 is 6.21. The lowest BCUT2D eigenvalue weighted by atomic mass is 10.1. The lowest BCUT2D eigenvalue weighted by Crippen LogP contribution is -2.36. The van der Waals surface area contributed by atoms with Gasteiger partial charge in [-0.3, -0.25) is 4.79 Å². The van der Waals surface area contributed by atoms with Gasteiger partial charge in [0.15, 0.2) is 0 Å². The summed E-state index contributed by atoms with van der Waals surface area (Å²) < 4.78 is 27.5. The highest BCUT2D eigenvalue weighted by Crippen LogP contribution is 2.28. The average Bonchev–Trinajstić information content (AvgIpc) is 2.75. The van der Waals surface area contributed by atoms with Gasteiger partial charge in [0, 0.05) is 25.2 Å². The molecule has 1 unspecified atom stereocenters. The Kier molecular flexibility index (Phi) is 7.52. The Bertz CT molecular complexity index is 974.